The summed E-state index contributed by atoms with van der Waals surface area (Å²) in [4.78, 5) is 0. The van der Waals surface area contributed by atoms with E-state index in [-0.39, 0.29) is 0 Å². The largest absolute Gasteiger partial charge is 0.316 e. The quantitative estimate of drug-likeness (QED) is 0.782. The highest BCUT2D eigenvalue weighted by molar-refractivity contribution is 5.18. The van der Waals surface area contributed by atoms with Crippen molar-refractivity contribution >= 4 is 0 Å². The summed E-state index contributed by atoms with van der Waals surface area (Å²) in [6.07, 6.45) is 1.72. The van der Waals surface area contributed by atoms with Crippen LogP contribution in [0.15, 0.2) is 18.2 Å². The van der Waals surface area contributed by atoms with Crippen LogP contribution in [0.5, 0.6) is 0 Å². The van der Waals surface area contributed by atoms with Crippen LogP contribution < -0.4 is 5.32 Å². The molecule has 1 nitrogen and oxygen atoms in total. The number of benzene rings is 1. The molecule has 0 aliphatic heterocycles. The Bertz CT molecular complexity index is 343. The minimum atomic E-state index is -0.491. The molecule has 0 saturated carbocycles. The van der Waals surface area contributed by atoms with Crippen molar-refractivity contribution in [2.24, 2.45) is 11.8 Å². The van der Waals surface area contributed by atoms with Crippen molar-refractivity contribution in [3.63, 3.8) is 0 Å². The Hall–Kier alpha value is -0.960. The van der Waals surface area contributed by atoms with E-state index in [1.165, 1.54) is 12.1 Å². The first-order chi connectivity index (χ1) is 8.51. The van der Waals surface area contributed by atoms with Crippen molar-refractivity contribution in [2.45, 2.75) is 33.6 Å². The van der Waals surface area contributed by atoms with Gasteiger partial charge in [0, 0.05) is 6.07 Å². The van der Waals surface area contributed by atoms with Crippen LogP contribution in [0.2, 0.25) is 0 Å². The lowest BCUT2D eigenvalue weighted by Gasteiger charge is -2.17. The molecule has 0 aliphatic rings. The van der Waals surface area contributed by atoms with E-state index in [9.17, 15) is 8.78 Å². The molecule has 0 amide bonds. The third-order valence-electron chi connectivity index (χ3n) is 3.01. The van der Waals surface area contributed by atoms with Crippen LogP contribution in [0.25, 0.3) is 0 Å². The number of nitrogens with one attached hydrogen (secondary N) is 1. The van der Waals surface area contributed by atoms with Gasteiger partial charge >= 0.3 is 0 Å². The molecule has 0 aliphatic carbocycles. The lowest BCUT2D eigenvalue weighted by molar-refractivity contribution is 0.436. The number of rotatable bonds is 7. The average Bonchev–Trinajstić information content (AvgIpc) is 2.25. The molecule has 3 heteroatoms. The molecule has 0 saturated heterocycles. The van der Waals surface area contributed by atoms with Gasteiger partial charge in [-0.05, 0) is 49.0 Å². The fraction of sp³-hybridized carbons (Fsp3) is 0.600. The summed E-state index contributed by atoms with van der Waals surface area (Å²) in [6.45, 7) is 8.31. The molecular weight excluding hydrogens is 232 g/mol. The monoisotopic (exact) mass is 255 g/mol. The molecule has 1 aromatic rings. The van der Waals surface area contributed by atoms with Gasteiger partial charge in [0.05, 0.1) is 0 Å². The number of halogens is 2. The van der Waals surface area contributed by atoms with E-state index in [1.807, 2.05) is 0 Å². The minimum absolute atomic E-state index is 0.421. The van der Waals surface area contributed by atoms with Crippen LogP contribution in [0, 0.1) is 23.5 Å². The summed E-state index contributed by atoms with van der Waals surface area (Å²) in [5.41, 5.74) is 0.741. The second-order valence-electron chi connectivity index (χ2n) is 5.31. The van der Waals surface area contributed by atoms with E-state index in [2.05, 4.69) is 26.1 Å². The highest BCUT2D eigenvalue weighted by Gasteiger charge is 2.09. The lowest BCUT2D eigenvalue weighted by Crippen LogP contribution is -2.27. The molecular formula is C15H23F2N. The maximum Gasteiger partial charge on any atom is 0.126 e. The van der Waals surface area contributed by atoms with Crippen molar-refractivity contribution in [3.05, 3.63) is 35.4 Å². The minimum Gasteiger partial charge on any atom is -0.316 e. The third-order valence-corrected chi connectivity index (χ3v) is 3.01. The van der Waals surface area contributed by atoms with E-state index in [1.54, 1.807) is 0 Å². The molecule has 18 heavy (non-hydrogen) atoms. The summed E-state index contributed by atoms with van der Waals surface area (Å²) in [7, 11) is 0. The second-order valence-corrected chi connectivity index (χ2v) is 5.31. The molecule has 0 bridgehead atoms. The first-order valence-corrected chi connectivity index (χ1v) is 6.67. The second kappa shape index (κ2) is 7.47. The van der Waals surface area contributed by atoms with Crippen LogP contribution in [0.3, 0.4) is 0 Å². The zero-order chi connectivity index (χ0) is 13.5. The maximum absolute atomic E-state index is 13.1. The summed E-state index contributed by atoms with van der Waals surface area (Å²) >= 11 is 0. The molecule has 0 fully saturated rings. The van der Waals surface area contributed by atoms with Gasteiger partial charge in [-0.3, -0.25) is 0 Å². The predicted octanol–water partition coefficient (Wildman–Crippen LogP) is 3.78. The predicted molar refractivity (Wildman–Crippen MR) is 71.6 cm³/mol. The first kappa shape index (κ1) is 15.1. The highest BCUT2D eigenvalue weighted by atomic mass is 19.1. The standard InChI is InChI=1S/C15H23F2N/c1-4-12(10-18-9-11(2)3)5-13-6-14(16)8-15(17)7-13/h6-8,11-12,18H,4-5,9-10H2,1-3H3. The highest BCUT2D eigenvalue weighted by Crippen LogP contribution is 2.14. The summed E-state index contributed by atoms with van der Waals surface area (Å²) in [5.74, 6) is 0.0593. The van der Waals surface area contributed by atoms with Gasteiger partial charge < -0.3 is 5.32 Å². The van der Waals surface area contributed by atoms with Crippen LogP contribution in [-0.4, -0.2) is 13.1 Å². The average molecular weight is 255 g/mol. The summed E-state index contributed by atoms with van der Waals surface area (Å²) in [5, 5.41) is 3.40. The SMILES string of the molecule is CCC(CNCC(C)C)Cc1cc(F)cc(F)c1. The maximum atomic E-state index is 13.1. The van der Waals surface area contributed by atoms with E-state index >= 15 is 0 Å². The third kappa shape index (κ3) is 5.58. The smallest absolute Gasteiger partial charge is 0.126 e. The van der Waals surface area contributed by atoms with E-state index < -0.39 is 11.6 Å². The fourth-order valence-electron chi connectivity index (χ4n) is 2.00. The van der Waals surface area contributed by atoms with Crippen molar-refractivity contribution < 1.29 is 8.78 Å². The Balaban J connectivity index is 2.51. The Morgan fingerprint density at radius 1 is 1.06 bits per heavy atom. The Kier molecular flexibility index (Phi) is 6.27. The molecule has 1 unspecified atom stereocenters. The molecule has 0 aromatic heterocycles. The summed E-state index contributed by atoms with van der Waals surface area (Å²) in [6, 6.07) is 3.77. The zero-order valence-corrected chi connectivity index (χ0v) is 11.5. The van der Waals surface area contributed by atoms with Crippen LogP contribution in [0.4, 0.5) is 8.78 Å². The topological polar surface area (TPSA) is 12.0 Å². The Morgan fingerprint density at radius 2 is 1.67 bits per heavy atom. The van der Waals surface area contributed by atoms with Gasteiger partial charge in [0.2, 0.25) is 0 Å². The molecule has 1 rings (SSSR count). The van der Waals surface area contributed by atoms with Crippen LogP contribution in [-0.2, 0) is 6.42 Å². The van der Waals surface area contributed by atoms with E-state index in [0.29, 0.717) is 11.8 Å². The van der Waals surface area contributed by atoms with E-state index in [0.717, 1.165) is 37.6 Å². The van der Waals surface area contributed by atoms with Crippen molar-refractivity contribution in [3.8, 4) is 0 Å². The van der Waals surface area contributed by atoms with Crippen molar-refractivity contribution in [1.82, 2.24) is 5.32 Å². The van der Waals surface area contributed by atoms with E-state index in [4.69, 9.17) is 0 Å². The Morgan fingerprint density at radius 3 is 2.17 bits per heavy atom. The van der Waals surface area contributed by atoms with Crippen LogP contribution >= 0.6 is 0 Å². The number of hydrogen-bond acceptors (Lipinski definition) is 1. The molecule has 0 heterocycles. The first-order valence-electron chi connectivity index (χ1n) is 6.67. The van der Waals surface area contributed by atoms with Gasteiger partial charge in [0.15, 0.2) is 0 Å². The molecule has 1 N–H and O–H groups in total. The van der Waals surface area contributed by atoms with Crippen molar-refractivity contribution in [1.29, 1.82) is 0 Å². The van der Waals surface area contributed by atoms with Crippen molar-refractivity contribution in [2.75, 3.05) is 13.1 Å². The van der Waals surface area contributed by atoms with Gasteiger partial charge in [-0.1, -0.05) is 27.2 Å². The van der Waals surface area contributed by atoms with Gasteiger partial charge in [0.25, 0.3) is 0 Å². The molecule has 0 spiro atoms. The normalized spacial score (nSPS) is 13.0. The molecule has 102 valence electrons. The fourth-order valence-corrected chi connectivity index (χ4v) is 2.00. The summed E-state index contributed by atoms with van der Waals surface area (Å²) < 4.78 is 26.2. The molecule has 0 radical (unpaired) electrons. The van der Waals surface area contributed by atoms with Gasteiger partial charge in [-0.2, -0.15) is 0 Å². The van der Waals surface area contributed by atoms with Gasteiger partial charge in [-0.25, -0.2) is 8.78 Å². The Labute approximate surface area is 109 Å². The number of hydrogen-bond donors (Lipinski definition) is 1. The van der Waals surface area contributed by atoms with Gasteiger partial charge in [-0.15, -0.1) is 0 Å². The van der Waals surface area contributed by atoms with Crippen LogP contribution in [0.1, 0.15) is 32.8 Å². The van der Waals surface area contributed by atoms with Gasteiger partial charge in [0.1, 0.15) is 11.6 Å². The lowest BCUT2D eigenvalue weighted by atomic mass is 9.96. The zero-order valence-electron chi connectivity index (χ0n) is 11.5. The molecule has 1 atom stereocenters. The molecule has 1 aromatic carbocycles.